The number of aryl methyl sites for hydroxylation is 1. The van der Waals surface area contributed by atoms with Gasteiger partial charge in [-0.05, 0) is 25.5 Å². The smallest absolute Gasteiger partial charge is 0.127 e. The molecule has 4 rings (SSSR count). The highest BCUT2D eigenvalue weighted by Gasteiger charge is 2.22. The van der Waals surface area contributed by atoms with Crippen molar-refractivity contribution in [3.05, 3.63) is 53.5 Å². The van der Waals surface area contributed by atoms with Gasteiger partial charge in [0.2, 0.25) is 0 Å². The topological polar surface area (TPSA) is 89.8 Å². The molecule has 4 aromatic rings. The van der Waals surface area contributed by atoms with Crippen molar-refractivity contribution in [3.8, 4) is 17.5 Å². The second-order valence-electron chi connectivity index (χ2n) is 6.19. The molecule has 0 saturated heterocycles. The number of hydrogen-bond acceptors (Lipinski definition) is 5. The molecule has 2 heterocycles. The Labute approximate surface area is 150 Å². The van der Waals surface area contributed by atoms with E-state index < -0.39 is 0 Å². The number of rotatable bonds is 2. The van der Waals surface area contributed by atoms with Crippen LogP contribution in [0, 0.1) is 25.2 Å². The van der Waals surface area contributed by atoms with Crippen LogP contribution in [-0.4, -0.2) is 21.6 Å². The third-order valence-electron chi connectivity index (χ3n) is 4.78. The zero-order valence-electron chi connectivity index (χ0n) is 14.7. The Morgan fingerprint density at radius 3 is 2.73 bits per heavy atom. The van der Waals surface area contributed by atoms with E-state index in [0.717, 1.165) is 44.4 Å². The van der Waals surface area contributed by atoms with Crippen molar-refractivity contribution in [2.45, 2.75) is 13.8 Å². The Morgan fingerprint density at radius 1 is 1.19 bits per heavy atom. The summed E-state index contributed by atoms with van der Waals surface area (Å²) in [5, 5.41) is 11.4. The minimum atomic E-state index is 0.396. The Hall–Kier alpha value is -3.59. The van der Waals surface area contributed by atoms with Gasteiger partial charge in [-0.25, -0.2) is 9.97 Å². The van der Waals surface area contributed by atoms with Crippen molar-refractivity contribution in [2.75, 3.05) is 12.8 Å². The van der Waals surface area contributed by atoms with Gasteiger partial charge in [-0.15, -0.1) is 0 Å². The van der Waals surface area contributed by atoms with Crippen molar-refractivity contribution in [3.63, 3.8) is 0 Å². The van der Waals surface area contributed by atoms with Crippen molar-refractivity contribution >= 4 is 27.6 Å². The number of methoxy groups -OCH3 is 1. The molecule has 0 aliphatic heterocycles. The maximum atomic E-state index is 9.69. The Bertz CT molecular complexity index is 1220. The largest absolute Gasteiger partial charge is 0.496 e. The lowest BCUT2D eigenvalue weighted by atomic mass is 10.1. The lowest BCUT2D eigenvalue weighted by Gasteiger charge is -2.17. The lowest BCUT2D eigenvalue weighted by molar-refractivity contribution is 0.411. The summed E-state index contributed by atoms with van der Waals surface area (Å²) in [6.45, 7) is 4.00. The van der Waals surface area contributed by atoms with E-state index in [-0.39, 0.29) is 0 Å². The minimum absolute atomic E-state index is 0.396. The van der Waals surface area contributed by atoms with Crippen LogP contribution >= 0.6 is 0 Å². The maximum absolute atomic E-state index is 9.69. The fourth-order valence-corrected chi connectivity index (χ4v) is 3.57. The summed E-state index contributed by atoms with van der Waals surface area (Å²) in [7, 11) is 1.64. The molecule has 128 valence electrons. The molecule has 0 saturated carbocycles. The number of aromatic nitrogens is 3. The van der Waals surface area contributed by atoms with Gasteiger partial charge in [0.05, 0.1) is 23.8 Å². The summed E-state index contributed by atoms with van der Waals surface area (Å²) < 4.78 is 7.40. The molecule has 0 spiro atoms. The van der Waals surface area contributed by atoms with Gasteiger partial charge < -0.3 is 10.5 Å². The van der Waals surface area contributed by atoms with Crippen LogP contribution in [-0.2, 0) is 0 Å². The third-order valence-corrected chi connectivity index (χ3v) is 4.78. The molecule has 2 aromatic carbocycles. The first-order valence-corrected chi connectivity index (χ1v) is 8.15. The SMILES string of the molecule is COc1ccc(C)c(-n2c(N)c(C#N)c3ccc4cncnc4c32)c1C. The molecule has 2 N–H and O–H groups in total. The van der Waals surface area contributed by atoms with Gasteiger partial charge in [-0.1, -0.05) is 18.2 Å². The first-order chi connectivity index (χ1) is 12.6. The first-order valence-electron chi connectivity index (χ1n) is 8.15. The van der Waals surface area contributed by atoms with Crippen molar-refractivity contribution < 1.29 is 4.74 Å². The van der Waals surface area contributed by atoms with Crippen LogP contribution in [0.5, 0.6) is 5.75 Å². The highest BCUT2D eigenvalue weighted by Crippen LogP contribution is 2.38. The average Bonchev–Trinajstić information content (AvgIpc) is 2.94. The lowest BCUT2D eigenvalue weighted by Crippen LogP contribution is -2.06. The number of nitriles is 1. The molecule has 0 aliphatic carbocycles. The predicted octanol–water partition coefficient (Wildman–Crippen LogP) is 3.65. The number of nitrogens with zero attached hydrogens (tertiary/aromatic N) is 4. The molecule has 0 aliphatic rings. The van der Waals surface area contributed by atoms with Gasteiger partial charge in [0, 0.05) is 22.5 Å². The molecule has 26 heavy (non-hydrogen) atoms. The van der Waals surface area contributed by atoms with Gasteiger partial charge in [0.1, 0.15) is 29.5 Å². The zero-order chi connectivity index (χ0) is 18.4. The summed E-state index contributed by atoms with van der Waals surface area (Å²) in [4.78, 5) is 8.56. The van der Waals surface area contributed by atoms with Gasteiger partial charge >= 0.3 is 0 Å². The van der Waals surface area contributed by atoms with E-state index in [4.69, 9.17) is 10.5 Å². The van der Waals surface area contributed by atoms with Gasteiger partial charge in [0.15, 0.2) is 0 Å². The Morgan fingerprint density at radius 2 is 2.00 bits per heavy atom. The van der Waals surface area contributed by atoms with Crippen LogP contribution in [0.2, 0.25) is 0 Å². The number of benzene rings is 2. The standard InChI is InChI=1S/C20H17N5O/c1-11-4-7-16(26-3)12(2)18(11)25-19-14(15(8-21)20(25)22)6-5-13-9-23-10-24-17(13)19/h4-7,9-10H,22H2,1-3H3. The van der Waals surface area contributed by atoms with Gasteiger partial charge in [-0.2, -0.15) is 5.26 Å². The zero-order valence-corrected chi connectivity index (χ0v) is 14.7. The van der Waals surface area contributed by atoms with E-state index in [1.54, 1.807) is 13.3 Å². The number of hydrogen-bond donors (Lipinski definition) is 1. The summed E-state index contributed by atoms with van der Waals surface area (Å²) in [5.74, 6) is 1.16. The molecular formula is C20H17N5O. The van der Waals surface area contributed by atoms with Gasteiger partial charge in [-0.3, -0.25) is 4.57 Å². The van der Waals surface area contributed by atoms with E-state index in [9.17, 15) is 5.26 Å². The molecule has 2 aromatic heterocycles. The summed E-state index contributed by atoms with van der Waals surface area (Å²) in [6, 6.07) is 9.97. The van der Waals surface area contributed by atoms with Crippen LogP contribution in [0.4, 0.5) is 5.82 Å². The quantitative estimate of drug-likeness (QED) is 0.600. The molecule has 0 fully saturated rings. The van der Waals surface area contributed by atoms with Crippen LogP contribution in [0.15, 0.2) is 36.8 Å². The van der Waals surface area contributed by atoms with E-state index in [1.165, 1.54) is 6.33 Å². The fourth-order valence-electron chi connectivity index (χ4n) is 3.57. The van der Waals surface area contributed by atoms with Crippen molar-refractivity contribution in [1.82, 2.24) is 14.5 Å². The van der Waals surface area contributed by atoms with E-state index >= 15 is 0 Å². The molecule has 0 amide bonds. The van der Waals surface area contributed by atoms with E-state index in [0.29, 0.717) is 11.4 Å². The Balaban J connectivity index is 2.27. The highest BCUT2D eigenvalue weighted by atomic mass is 16.5. The third kappa shape index (κ3) is 2.04. The number of anilines is 1. The van der Waals surface area contributed by atoms with Crippen LogP contribution in [0.1, 0.15) is 16.7 Å². The van der Waals surface area contributed by atoms with E-state index in [2.05, 4.69) is 16.0 Å². The van der Waals surface area contributed by atoms with Gasteiger partial charge in [0.25, 0.3) is 0 Å². The van der Waals surface area contributed by atoms with E-state index in [1.807, 2.05) is 42.7 Å². The van der Waals surface area contributed by atoms with Crippen molar-refractivity contribution in [1.29, 1.82) is 5.26 Å². The molecule has 0 atom stereocenters. The highest BCUT2D eigenvalue weighted by molar-refractivity contribution is 6.08. The number of nitrogens with two attached hydrogens (primary N) is 1. The number of ether oxygens (including phenoxy) is 1. The summed E-state index contributed by atoms with van der Waals surface area (Å²) in [6.07, 6.45) is 3.26. The molecule has 6 nitrogen and oxygen atoms in total. The second kappa shape index (κ2) is 5.74. The second-order valence-corrected chi connectivity index (χ2v) is 6.19. The summed E-state index contributed by atoms with van der Waals surface area (Å²) >= 11 is 0. The number of nitrogen functional groups attached to an aromatic ring is 1. The molecule has 6 heteroatoms. The predicted molar refractivity (Wildman–Crippen MR) is 102 cm³/mol. The monoisotopic (exact) mass is 343 g/mol. The Kier molecular flexibility index (Phi) is 3.51. The van der Waals surface area contributed by atoms with Crippen LogP contribution < -0.4 is 10.5 Å². The average molecular weight is 343 g/mol. The van der Waals surface area contributed by atoms with Crippen LogP contribution in [0.25, 0.3) is 27.5 Å². The minimum Gasteiger partial charge on any atom is -0.496 e. The molecule has 0 radical (unpaired) electrons. The van der Waals surface area contributed by atoms with Crippen molar-refractivity contribution in [2.24, 2.45) is 0 Å². The normalized spacial score (nSPS) is 11.0. The summed E-state index contributed by atoms with van der Waals surface area (Å²) in [5.41, 5.74) is 11.3. The maximum Gasteiger partial charge on any atom is 0.127 e. The molecular weight excluding hydrogens is 326 g/mol. The first kappa shape index (κ1) is 15.9. The fraction of sp³-hybridized carbons (Fsp3) is 0.150. The molecule has 0 unspecified atom stereocenters. The van der Waals surface area contributed by atoms with Crippen LogP contribution in [0.3, 0.4) is 0 Å². The number of fused-ring (bicyclic) bond motifs is 3. The molecule has 0 bridgehead atoms.